The highest BCUT2D eigenvalue weighted by Gasteiger charge is 2.00. The molecule has 1 aromatic heterocycles. The number of hydrogen-bond acceptors (Lipinski definition) is 4. The van der Waals surface area contributed by atoms with Crippen LogP contribution in [0.2, 0.25) is 0 Å². The second-order valence-electron chi connectivity index (χ2n) is 4.33. The van der Waals surface area contributed by atoms with Crippen molar-refractivity contribution in [3.63, 3.8) is 0 Å². The van der Waals surface area contributed by atoms with Crippen molar-refractivity contribution >= 4 is 17.2 Å². The van der Waals surface area contributed by atoms with Gasteiger partial charge in [-0.3, -0.25) is 4.79 Å². The highest BCUT2D eigenvalue weighted by Crippen LogP contribution is 2.11. The molecule has 0 fully saturated rings. The smallest absolute Gasteiger partial charge is 0.267 e. The maximum atomic E-state index is 11.6. The molecule has 0 aliphatic heterocycles. The zero-order valence-electron chi connectivity index (χ0n) is 11.1. The molecule has 0 radical (unpaired) electrons. The topological polar surface area (TPSA) is 70.1 Å². The Labute approximate surface area is 122 Å². The molecule has 2 N–H and O–H groups in total. The number of benzene rings is 1. The second-order valence-corrected chi connectivity index (χ2v) is 4.77. The van der Waals surface area contributed by atoms with Gasteiger partial charge in [-0.25, -0.2) is 4.68 Å². The van der Waals surface area contributed by atoms with E-state index >= 15 is 0 Å². The molecule has 20 heavy (non-hydrogen) atoms. The fourth-order valence-corrected chi connectivity index (χ4v) is 1.79. The molecule has 2 aromatic rings. The molecule has 0 aliphatic rings. The van der Waals surface area contributed by atoms with Crippen LogP contribution in [0.4, 0.5) is 0 Å². The number of aromatic nitrogens is 2. The summed E-state index contributed by atoms with van der Waals surface area (Å²) in [5, 5.41) is 4.04. The van der Waals surface area contributed by atoms with Crippen LogP contribution in [0.15, 0.2) is 41.3 Å². The number of thiocarbonyl (C=S) groups is 1. The quantitative estimate of drug-likeness (QED) is 0.839. The Bertz CT molecular complexity index is 665. The average Bonchev–Trinajstić information content (AvgIpc) is 2.42. The lowest BCUT2D eigenvalue weighted by Crippen LogP contribution is -2.25. The monoisotopic (exact) mass is 289 g/mol. The Morgan fingerprint density at radius 3 is 2.70 bits per heavy atom. The molecule has 6 heteroatoms. The molecule has 0 saturated heterocycles. The Morgan fingerprint density at radius 2 is 2.10 bits per heavy atom. The lowest BCUT2D eigenvalue weighted by molar-refractivity contribution is 0.287. The summed E-state index contributed by atoms with van der Waals surface area (Å²) in [6.45, 7) is 2.59. The van der Waals surface area contributed by atoms with Crippen molar-refractivity contribution in [3.8, 4) is 5.75 Å². The van der Waals surface area contributed by atoms with E-state index in [-0.39, 0.29) is 5.56 Å². The van der Waals surface area contributed by atoms with Gasteiger partial charge in [-0.1, -0.05) is 12.2 Å². The average molecular weight is 289 g/mol. The largest absolute Gasteiger partial charge is 0.492 e. The minimum Gasteiger partial charge on any atom is -0.492 e. The van der Waals surface area contributed by atoms with Crippen LogP contribution in [0.5, 0.6) is 5.75 Å². The van der Waals surface area contributed by atoms with Crippen molar-refractivity contribution in [1.82, 2.24) is 9.78 Å². The molecule has 0 aliphatic carbocycles. The second kappa shape index (κ2) is 6.29. The third-order valence-electron chi connectivity index (χ3n) is 2.72. The SMILES string of the molecule is Cc1cnn(CCOc2ccc(C(N)=S)cc2)c(=O)c1. The summed E-state index contributed by atoms with van der Waals surface area (Å²) in [4.78, 5) is 12.0. The van der Waals surface area contributed by atoms with Gasteiger partial charge >= 0.3 is 0 Å². The van der Waals surface area contributed by atoms with E-state index in [2.05, 4.69) is 5.10 Å². The first kappa shape index (κ1) is 14.2. The molecule has 2 rings (SSSR count). The summed E-state index contributed by atoms with van der Waals surface area (Å²) in [7, 11) is 0. The van der Waals surface area contributed by atoms with E-state index in [1.165, 1.54) is 4.68 Å². The Balaban J connectivity index is 1.92. The minimum absolute atomic E-state index is 0.127. The van der Waals surface area contributed by atoms with Gasteiger partial charge in [-0.15, -0.1) is 0 Å². The van der Waals surface area contributed by atoms with Crippen molar-refractivity contribution in [2.24, 2.45) is 5.73 Å². The van der Waals surface area contributed by atoms with E-state index in [0.717, 1.165) is 11.1 Å². The first-order valence-corrected chi connectivity index (χ1v) is 6.53. The molecule has 0 saturated carbocycles. The summed E-state index contributed by atoms with van der Waals surface area (Å²) >= 11 is 4.87. The fraction of sp³-hybridized carbons (Fsp3) is 0.214. The Morgan fingerprint density at radius 1 is 1.40 bits per heavy atom. The summed E-state index contributed by atoms with van der Waals surface area (Å²) < 4.78 is 6.92. The number of nitrogens with zero attached hydrogens (tertiary/aromatic N) is 2. The molecular formula is C14H15N3O2S. The van der Waals surface area contributed by atoms with Gasteiger partial charge in [-0.2, -0.15) is 5.10 Å². The van der Waals surface area contributed by atoms with Gasteiger partial charge in [0.1, 0.15) is 17.3 Å². The van der Waals surface area contributed by atoms with Crippen LogP contribution < -0.4 is 16.0 Å². The Hall–Kier alpha value is -2.21. The van der Waals surface area contributed by atoms with Crippen LogP contribution in [0.3, 0.4) is 0 Å². The van der Waals surface area contributed by atoms with Crippen LogP contribution in [-0.2, 0) is 6.54 Å². The van der Waals surface area contributed by atoms with Gasteiger partial charge in [0.2, 0.25) is 0 Å². The van der Waals surface area contributed by atoms with E-state index in [9.17, 15) is 4.79 Å². The summed E-state index contributed by atoms with van der Waals surface area (Å²) in [6.07, 6.45) is 1.65. The van der Waals surface area contributed by atoms with E-state index in [4.69, 9.17) is 22.7 Å². The van der Waals surface area contributed by atoms with Gasteiger partial charge in [0.25, 0.3) is 5.56 Å². The van der Waals surface area contributed by atoms with Gasteiger partial charge < -0.3 is 10.5 Å². The maximum Gasteiger partial charge on any atom is 0.267 e. The third kappa shape index (κ3) is 3.64. The van der Waals surface area contributed by atoms with Crippen LogP contribution in [0, 0.1) is 6.92 Å². The van der Waals surface area contributed by atoms with Gasteiger partial charge in [0.15, 0.2) is 0 Å². The number of nitrogens with two attached hydrogens (primary N) is 1. The molecule has 0 unspecified atom stereocenters. The number of ether oxygens (including phenoxy) is 1. The van der Waals surface area contributed by atoms with Crippen molar-refractivity contribution < 1.29 is 4.74 Å². The van der Waals surface area contributed by atoms with Crippen LogP contribution >= 0.6 is 12.2 Å². The van der Waals surface area contributed by atoms with Crippen molar-refractivity contribution in [2.75, 3.05) is 6.61 Å². The molecule has 1 heterocycles. The molecular weight excluding hydrogens is 274 g/mol. The molecule has 0 amide bonds. The molecule has 0 spiro atoms. The zero-order chi connectivity index (χ0) is 14.5. The van der Waals surface area contributed by atoms with Crippen LogP contribution in [-0.4, -0.2) is 21.4 Å². The van der Waals surface area contributed by atoms with E-state index in [0.29, 0.717) is 23.9 Å². The highest BCUT2D eigenvalue weighted by atomic mass is 32.1. The van der Waals surface area contributed by atoms with Crippen molar-refractivity contribution in [1.29, 1.82) is 0 Å². The molecule has 0 atom stereocenters. The normalized spacial score (nSPS) is 10.2. The highest BCUT2D eigenvalue weighted by molar-refractivity contribution is 7.80. The number of aryl methyl sites for hydroxylation is 1. The summed E-state index contributed by atoms with van der Waals surface area (Å²) in [6, 6.07) is 8.73. The Kier molecular flexibility index (Phi) is 4.47. The van der Waals surface area contributed by atoms with E-state index < -0.39 is 0 Å². The third-order valence-corrected chi connectivity index (χ3v) is 2.95. The number of hydrogen-bond donors (Lipinski definition) is 1. The zero-order valence-corrected chi connectivity index (χ0v) is 11.9. The lowest BCUT2D eigenvalue weighted by atomic mass is 10.2. The predicted octanol–water partition coefficient (Wildman–Crippen LogP) is 1.26. The van der Waals surface area contributed by atoms with E-state index in [1.807, 2.05) is 6.92 Å². The fourth-order valence-electron chi connectivity index (χ4n) is 1.66. The van der Waals surface area contributed by atoms with Crippen molar-refractivity contribution in [2.45, 2.75) is 13.5 Å². The number of rotatable bonds is 5. The van der Waals surface area contributed by atoms with Gasteiger partial charge in [0.05, 0.1) is 12.7 Å². The first-order valence-electron chi connectivity index (χ1n) is 6.13. The lowest BCUT2D eigenvalue weighted by Gasteiger charge is -2.08. The van der Waals surface area contributed by atoms with Gasteiger partial charge in [-0.05, 0) is 36.8 Å². The van der Waals surface area contributed by atoms with Crippen LogP contribution in [0.25, 0.3) is 0 Å². The summed E-state index contributed by atoms with van der Waals surface area (Å²) in [5.41, 5.74) is 7.03. The maximum absolute atomic E-state index is 11.6. The van der Waals surface area contributed by atoms with E-state index in [1.54, 1.807) is 36.5 Å². The van der Waals surface area contributed by atoms with Crippen LogP contribution in [0.1, 0.15) is 11.1 Å². The molecule has 1 aromatic carbocycles. The minimum atomic E-state index is -0.127. The molecule has 104 valence electrons. The van der Waals surface area contributed by atoms with Gasteiger partial charge in [0, 0.05) is 11.6 Å². The molecule has 5 nitrogen and oxygen atoms in total. The predicted molar refractivity (Wildman–Crippen MR) is 81.1 cm³/mol. The molecule has 0 bridgehead atoms. The first-order chi connectivity index (χ1) is 9.56. The van der Waals surface area contributed by atoms with Crippen molar-refractivity contribution in [3.05, 3.63) is 58.0 Å². The summed E-state index contributed by atoms with van der Waals surface area (Å²) in [5.74, 6) is 0.699. The standard InChI is InChI=1S/C14H15N3O2S/c1-10-8-13(18)17(16-9-10)6-7-19-12-4-2-11(3-5-12)14(15)20/h2-5,8-9H,6-7H2,1H3,(H2,15,20).